The van der Waals surface area contributed by atoms with E-state index in [0.29, 0.717) is 28.2 Å². The van der Waals surface area contributed by atoms with Crippen molar-refractivity contribution in [2.24, 2.45) is 5.14 Å². The van der Waals surface area contributed by atoms with Gasteiger partial charge < -0.3 is 9.79 Å². The van der Waals surface area contributed by atoms with Crippen LogP contribution in [-0.4, -0.2) is 18.2 Å². The van der Waals surface area contributed by atoms with Crippen molar-refractivity contribution >= 4 is 45.3 Å². The SMILES string of the molecule is NS(=O)(=O)c1ccccc1-c1ccc(CSCc2ccc(C(F)(F)P(=O)(O)O)c(Br)c2)cc1. The predicted octanol–water partition coefficient (Wildman–Crippen LogP) is 5.42. The van der Waals surface area contributed by atoms with Crippen LogP contribution < -0.4 is 5.14 Å². The highest BCUT2D eigenvalue weighted by Gasteiger charge is 2.51. The predicted molar refractivity (Wildman–Crippen MR) is 128 cm³/mol. The van der Waals surface area contributed by atoms with Crippen molar-refractivity contribution in [3.05, 3.63) is 87.9 Å². The summed E-state index contributed by atoms with van der Waals surface area (Å²) in [6, 6.07) is 17.6. The third-order valence-corrected chi connectivity index (χ3v) is 8.39. The van der Waals surface area contributed by atoms with Crippen LogP contribution in [0.25, 0.3) is 11.1 Å². The summed E-state index contributed by atoms with van der Waals surface area (Å²) >= 11 is 4.50. The molecule has 0 aromatic heterocycles. The number of alkyl halides is 2. The molecule has 3 rings (SSSR count). The smallest absolute Gasteiger partial charge is 0.320 e. The molecule has 0 aliphatic rings. The summed E-state index contributed by atoms with van der Waals surface area (Å²) in [7, 11) is -9.50. The van der Waals surface area contributed by atoms with Crippen LogP contribution in [0.1, 0.15) is 16.7 Å². The Kier molecular flexibility index (Phi) is 7.85. The maximum atomic E-state index is 13.9. The quantitative estimate of drug-likeness (QED) is 0.307. The number of thioether (sulfide) groups is 1. The average molecular weight is 578 g/mol. The number of benzene rings is 3. The highest BCUT2D eigenvalue weighted by Crippen LogP contribution is 2.60. The van der Waals surface area contributed by atoms with E-state index in [-0.39, 0.29) is 9.37 Å². The fourth-order valence-electron chi connectivity index (χ4n) is 3.07. The highest BCUT2D eigenvalue weighted by molar-refractivity contribution is 9.10. The van der Waals surface area contributed by atoms with Gasteiger partial charge in [-0.2, -0.15) is 20.5 Å². The molecule has 12 heteroatoms. The molecule has 3 aromatic carbocycles. The second-order valence-corrected chi connectivity index (χ2v) is 12.1. The lowest BCUT2D eigenvalue weighted by molar-refractivity contribution is 0.0557. The molecule has 0 aliphatic heterocycles. The summed E-state index contributed by atoms with van der Waals surface area (Å²) in [6.07, 6.45) is 0. The van der Waals surface area contributed by atoms with E-state index in [1.54, 1.807) is 30.3 Å². The van der Waals surface area contributed by atoms with Crippen LogP contribution in [0.15, 0.2) is 76.1 Å². The van der Waals surface area contributed by atoms with Gasteiger partial charge in [0.2, 0.25) is 10.0 Å². The van der Waals surface area contributed by atoms with E-state index in [1.807, 2.05) is 12.1 Å². The topological polar surface area (TPSA) is 118 Å². The molecule has 0 saturated carbocycles. The van der Waals surface area contributed by atoms with Crippen LogP contribution in [0.5, 0.6) is 0 Å². The molecule has 0 unspecified atom stereocenters. The van der Waals surface area contributed by atoms with Crippen LogP contribution in [0, 0.1) is 0 Å². The Labute approximate surface area is 202 Å². The first-order valence-corrected chi connectivity index (χ1v) is 14.4. The lowest BCUT2D eigenvalue weighted by Crippen LogP contribution is -2.14. The minimum absolute atomic E-state index is 0.0467. The van der Waals surface area contributed by atoms with Crippen LogP contribution >= 0.6 is 35.3 Å². The van der Waals surface area contributed by atoms with Crippen LogP contribution in [-0.2, 0) is 31.8 Å². The Balaban J connectivity index is 1.67. The van der Waals surface area contributed by atoms with E-state index in [1.165, 1.54) is 30.0 Å². The van der Waals surface area contributed by atoms with Gasteiger partial charge in [-0.1, -0.05) is 70.5 Å². The van der Waals surface area contributed by atoms with Gasteiger partial charge in [-0.05, 0) is 28.8 Å². The number of sulfonamides is 1. The second-order valence-electron chi connectivity index (χ2n) is 7.13. The van der Waals surface area contributed by atoms with Crippen LogP contribution in [0.3, 0.4) is 0 Å². The first-order chi connectivity index (χ1) is 15.3. The largest absolute Gasteiger partial charge is 0.399 e. The molecule has 0 spiro atoms. The number of rotatable bonds is 8. The van der Waals surface area contributed by atoms with E-state index in [2.05, 4.69) is 15.9 Å². The third kappa shape index (κ3) is 6.10. The lowest BCUT2D eigenvalue weighted by Gasteiger charge is -2.19. The number of halogens is 3. The number of hydrogen-bond donors (Lipinski definition) is 3. The van der Waals surface area contributed by atoms with Gasteiger partial charge in [0.1, 0.15) is 0 Å². The number of nitrogens with two attached hydrogens (primary N) is 1. The van der Waals surface area contributed by atoms with Gasteiger partial charge in [0.05, 0.1) is 4.90 Å². The molecule has 0 fully saturated rings. The van der Waals surface area contributed by atoms with E-state index < -0.39 is 28.8 Å². The van der Waals surface area contributed by atoms with E-state index in [9.17, 15) is 21.8 Å². The maximum absolute atomic E-state index is 13.9. The first-order valence-electron chi connectivity index (χ1n) is 9.32. The molecule has 33 heavy (non-hydrogen) atoms. The molecule has 0 atom stereocenters. The molecule has 0 radical (unpaired) electrons. The summed E-state index contributed by atoms with van der Waals surface area (Å²) in [4.78, 5) is 17.9. The van der Waals surface area contributed by atoms with Crippen molar-refractivity contribution in [1.29, 1.82) is 0 Å². The van der Waals surface area contributed by atoms with Crippen molar-refractivity contribution in [3.8, 4) is 11.1 Å². The Morgan fingerprint density at radius 2 is 1.55 bits per heavy atom. The molecule has 0 heterocycles. The molecule has 0 aliphatic carbocycles. The molecule has 3 aromatic rings. The van der Waals surface area contributed by atoms with Gasteiger partial charge >= 0.3 is 13.3 Å². The fraction of sp³-hybridized carbons (Fsp3) is 0.143. The Morgan fingerprint density at radius 1 is 0.970 bits per heavy atom. The molecule has 6 nitrogen and oxygen atoms in total. The zero-order valence-electron chi connectivity index (χ0n) is 16.9. The lowest BCUT2D eigenvalue weighted by atomic mass is 10.0. The molecule has 0 bridgehead atoms. The second kappa shape index (κ2) is 9.95. The van der Waals surface area contributed by atoms with Crippen LogP contribution in [0.2, 0.25) is 0 Å². The van der Waals surface area contributed by atoms with Crippen molar-refractivity contribution < 1.29 is 31.6 Å². The summed E-state index contributed by atoms with van der Waals surface area (Å²) in [5.74, 6) is 1.09. The Bertz CT molecular complexity index is 1310. The first kappa shape index (κ1) is 26.0. The summed E-state index contributed by atoms with van der Waals surface area (Å²) < 4.78 is 62.5. The molecule has 0 amide bonds. The van der Waals surface area contributed by atoms with Crippen molar-refractivity contribution in [3.63, 3.8) is 0 Å². The normalized spacial score (nSPS) is 12.7. The standard InChI is InChI=1S/C21H19BrF2NO5PS2/c22-19-11-15(7-10-18(19)21(23,24)31(26,27)28)13-32-12-14-5-8-16(9-6-14)17-3-1-2-4-20(17)33(25,29)30/h1-11H,12-13H2,(H2,25,29,30)(H2,26,27,28). The molecular weight excluding hydrogens is 559 g/mol. The van der Waals surface area contributed by atoms with E-state index >= 15 is 0 Å². The molecular formula is C21H19BrF2NO5PS2. The zero-order valence-corrected chi connectivity index (χ0v) is 21.0. The summed E-state index contributed by atoms with van der Waals surface area (Å²) in [6.45, 7) is 0. The van der Waals surface area contributed by atoms with Gasteiger partial charge in [0.25, 0.3) is 0 Å². The van der Waals surface area contributed by atoms with Crippen molar-refractivity contribution in [2.75, 3.05) is 0 Å². The number of hydrogen-bond acceptors (Lipinski definition) is 4. The van der Waals surface area contributed by atoms with Gasteiger partial charge in [-0.15, -0.1) is 0 Å². The Morgan fingerprint density at radius 3 is 2.12 bits per heavy atom. The van der Waals surface area contributed by atoms with E-state index in [0.717, 1.165) is 11.6 Å². The molecule has 176 valence electrons. The van der Waals surface area contributed by atoms with Gasteiger partial charge in [0.15, 0.2) is 0 Å². The van der Waals surface area contributed by atoms with Gasteiger partial charge in [-0.3, -0.25) is 4.57 Å². The maximum Gasteiger partial charge on any atom is 0.399 e. The number of primary sulfonamides is 1. The third-order valence-electron chi connectivity index (χ3n) is 4.72. The van der Waals surface area contributed by atoms with Crippen molar-refractivity contribution in [1.82, 2.24) is 0 Å². The highest BCUT2D eigenvalue weighted by atomic mass is 79.9. The average Bonchev–Trinajstić information content (AvgIpc) is 2.73. The Hall–Kier alpha value is -1.59. The molecule has 0 saturated heterocycles. The monoisotopic (exact) mass is 577 g/mol. The molecule has 4 N–H and O–H groups in total. The minimum Gasteiger partial charge on any atom is -0.320 e. The van der Waals surface area contributed by atoms with Crippen molar-refractivity contribution in [2.45, 2.75) is 22.1 Å². The fourth-order valence-corrected chi connectivity index (χ4v) is 6.11. The minimum atomic E-state index is -5.64. The summed E-state index contributed by atoms with van der Waals surface area (Å²) in [5.41, 5.74) is -2.15. The van der Waals surface area contributed by atoms with Gasteiger partial charge in [-0.25, -0.2) is 13.6 Å². The van der Waals surface area contributed by atoms with Crippen LogP contribution in [0.4, 0.5) is 8.78 Å². The van der Waals surface area contributed by atoms with E-state index in [4.69, 9.17) is 14.9 Å². The van der Waals surface area contributed by atoms with Gasteiger partial charge in [0, 0.05) is 27.1 Å². The summed E-state index contributed by atoms with van der Waals surface area (Å²) in [5, 5.41) is 5.30. The zero-order chi connectivity index (χ0) is 24.4.